The number of benzene rings is 1. The van der Waals surface area contributed by atoms with Crippen LogP contribution in [0.3, 0.4) is 0 Å². The van der Waals surface area contributed by atoms with E-state index in [4.69, 9.17) is 4.74 Å². The van der Waals surface area contributed by atoms with Gasteiger partial charge in [-0.25, -0.2) is 9.78 Å². The van der Waals surface area contributed by atoms with Gasteiger partial charge in [-0.05, 0) is 25.1 Å². The summed E-state index contributed by atoms with van der Waals surface area (Å²) in [7, 11) is 5.51. The number of thiophene rings is 1. The fourth-order valence-electron chi connectivity index (χ4n) is 3.37. The van der Waals surface area contributed by atoms with Crippen LogP contribution in [0.25, 0.3) is 26.2 Å². The number of rotatable bonds is 4. The molecule has 31 heavy (non-hydrogen) atoms. The van der Waals surface area contributed by atoms with E-state index in [0.717, 1.165) is 20.2 Å². The Morgan fingerprint density at radius 2 is 2.00 bits per heavy atom. The lowest BCUT2D eigenvalue weighted by molar-refractivity contribution is 0.0467. The highest BCUT2D eigenvalue weighted by Crippen LogP contribution is 2.34. The molecule has 0 aliphatic carbocycles. The topological polar surface area (TPSA) is 94.6 Å². The summed E-state index contributed by atoms with van der Waals surface area (Å²) in [6.45, 7) is 1.86. The van der Waals surface area contributed by atoms with Gasteiger partial charge in [0.2, 0.25) is 5.78 Å². The second-order valence-corrected chi connectivity index (χ2v) is 9.42. The molecule has 5 rings (SSSR count). The number of ether oxygens (including phenoxy) is 1. The summed E-state index contributed by atoms with van der Waals surface area (Å²) in [4.78, 5) is 33.1. The van der Waals surface area contributed by atoms with E-state index in [9.17, 15) is 9.59 Å². The Balaban J connectivity index is 1.47. The first-order valence-electron chi connectivity index (χ1n) is 9.41. The van der Waals surface area contributed by atoms with Crippen molar-refractivity contribution in [3.8, 4) is 0 Å². The first-order chi connectivity index (χ1) is 14.8. The zero-order valence-electron chi connectivity index (χ0n) is 17.2. The zero-order chi connectivity index (χ0) is 21.9. The van der Waals surface area contributed by atoms with Crippen molar-refractivity contribution in [2.75, 3.05) is 19.0 Å². The lowest BCUT2D eigenvalue weighted by Gasteiger charge is -2.09. The molecule has 0 saturated carbocycles. The minimum atomic E-state index is -0.441. The third-order valence-electron chi connectivity index (χ3n) is 4.94. The lowest BCUT2D eigenvalue weighted by atomic mass is 10.1. The number of fused-ring (bicyclic) bond motifs is 4. The van der Waals surface area contributed by atoms with E-state index < -0.39 is 5.97 Å². The van der Waals surface area contributed by atoms with Crippen molar-refractivity contribution in [2.45, 2.75) is 13.5 Å². The maximum Gasteiger partial charge on any atom is 0.348 e. The summed E-state index contributed by atoms with van der Waals surface area (Å²) in [5, 5.41) is 9.74. The van der Waals surface area contributed by atoms with Gasteiger partial charge in [-0.3, -0.25) is 13.8 Å². The number of thiazole rings is 1. The quantitative estimate of drug-likeness (QED) is 0.385. The van der Waals surface area contributed by atoms with Gasteiger partial charge >= 0.3 is 5.97 Å². The number of nitrogens with zero attached hydrogens (tertiary/aromatic N) is 6. The van der Waals surface area contributed by atoms with Crippen LogP contribution in [0.1, 0.15) is 21.1 Å². The molecule has 11 heteroatoms. The average Bonchev–Trinajstić information content (AvgIpc) is 3.43. The minimum absolute atomic E-state index is 0.0664. The predicted molar refractivity (Wildman–Crippen MR) is 121 cm³/mol. The van der Waals surface area contributed by atoms with Gasteiger partial charge in [-0.2, -0.15) is 0 Å². The summed E-state index contributed by atoms with van der Waals surface area (Å²) in [5.74, 6) is 0.395. The van der Waals surface area contributed by atoms with Gasteiger partial charge in [0, 0.05) is 21.1 Å². The normalized spacial score (nSPS) is 11.6. The molecule has 158 valence electrons. The predicted octanol–water partition coefficient (Wildman–Crippen LogP) is 2.98. The van der Waals surface area contributed by atoms with Crippen LogP contribution in [-0.4, -0.2) is 44.2 Å². The van der Waals surface area contributed by atoms with Crippen molar-refractivity contribution in [3.05, 3.63) is 50.9 Å². The second-order valence-electron chi connectivity index (χ2n) is 7.38. The summed E-state index contributed by atoms with van der Waals surface area (Å²) >= 11 is 2.83. The van der Waals surface area contributed by atoms with Gasteiger partial charge in [0.15, 0.2) is 17.6 Å². The first-order valence-corrected chi connectivity index (χ1v) is 11.0. The fourth-order valence-corrected chi connectivity index (χ4v) is 5.40. The molecule has 4 heterocycles. The standard InChI is InChI=1S/C20H18N6O3S2/c1-10-5-6-12-11(7-10)17(27)25(4)19-23-22-15(26(12)19)9-29-18(28)14-8-13-16(30-14)21-20(31-13)24(2)3/h5-8H,9H2,1-4H3. The van der Waals surface area contributed by atoms with E-state index in [1.165, 1.54) is 27.2 Å². The molecule has 0 spiro atoms. The lowest BCUT2D eigenvalue weighted by Crippen LogP contribution is -2.20. The zero-order valence-corrected chi connectivity index (χ0v) is 18.9. The van der Waals surface area contributed by atoms with Crippen LogP contribution in [-0.2, 0) is 18.4 Å². The van der Waals surface area contributed by atoms with Crippen LogP contribution in [0, 0.1) is 6.92 Å². The number of hydrogen-bond donors (Lipinski definition) is 0. The van der Waals surface area contributed by atoms with Gasteiger partial charge in [-0.1, -0.05) is 23.0 Å². The van der Waals surface area contributed by atoms with Gasteiger partial charge < -0.3 is 9.64 Å². The molecular weight excluding hydrogens is 436 g/mol. The van der Waals surface area contributed by atoms with E-state index in [0.29, 0.717) is 27.4 Å². The number of anilines is 1. The highest BCUT2D eigenvalue weighted by atomic mass is 32.1. The van der Waals surface area contributed by atoms with E-state index in [2.05, 4.69) is 15.2 Å². The molecule has 9 nitrogen and oxygen atoms in total. The third-order valence-corrected chi connectivity index (χ3v) is 7.24. The van der Waals surface area contributed by atoms with Crippen molar-refractivity contribution in [2.24, 2.45) is 7.05 Å². The first kappa shape index (κ1) is 19.6. The molecule has 1 aromatic carbocycles. The Bertz CT molecular complexity index is 1510. The molecule has 0 bridgehead atoms. The van der Waals surface area contributed by atoms with Crippen LogP contribution in [0.5, 0.6) is 0 Å². The van der Waals surface area contributed by atoms with E-state index in [1.807, 2.05) is 44.1 Å². The van der Waals surface area contributed by atoms with Gasteiger partial charge in [0.05, 0.1) is 15.6 Å². The number of carbonyl (C=O) groups is 1. The Kier molecular flexibility index (Phi) is 4.52. The van der Waals surface area contributed by atoms with Crippen molar-refractivity contribution >= 4 is 60.0 Å². The van der Waals surface area contributed by atoms with Gasteiger partial charge in [0.1, 0.15) is 9.71 Å². The molecule has 4 aromatic heterocycles. The van der Waals surface area contributed by atoms with E-state index >= 15 is 0 Å². The van der Waals surface area contributed by atoms with E-state index in [1.54, 1.807) is 17.5 Å². The Hall–Kier alpha value is -3.31. The Morgan fingerprint density at radius 1 is 1.19 bits per heavy atom. The third kappa shape index (κ3) is 3.17. The molecule has 0 unspecified atom stereocenters. The molecule has 0 saturated heterocycles. The molecule has 0 atom stereocenters. The fraction of sp³-hybridized carbons (Fsp3) is 0.250. The Morgan fingerprint density at radius 3 is 2.74 bits per heavy atom. The molecule has 0 radical (unpaired) electrons. The number of esters is 1. The monoisotopic (exact) mass is 454 g/mol. The minimum Gasteiger partial charge on any atom is -0.453 e. The van der Waals surface area contributed by atoms with Crippen molar-refractivity contribution in [1.82, 2.24) is 24.1 Å². The number of hydrogen-bond acceptors (Lipinski definition) is 9. The SMILES string of the molecule is Cc1ccc2c(c1)c(=O)n(C)c1nnc(COC(=O)c3cc4sc(N(C)C)nc4s3)n21. The average molecular weight is 455 g/mol. The molecule has 0 amide bonds. The van der Waals surface area contributed by atoms with Gasteiger partial charge in [0.25, 0.3) is 5.56 Å². The van der Waals surface area contributed by atoms with Crippen molar-refractivity contribution in [3.63, 3.8) is 0 Å². The summed E-state index contributed by atoms with van der Waals surface area (Å²) in [5.41, 5.74) is 1.51. The molecular formula is C20H18N6O3S2. The van der Waals surface area contributed by atoms with Crippen LogP contribution < -0.4 is 10.5 Å². The Labute approximate surface area is 184 Å². The smallest absolute Gasteiger partial charge is 0.348 e. The molecule has 5 aromatic rings. The number of carbonyl (C=O) groups excluding carboxylic acids is 1. The van der Waals surface area contributed by atoms with Crippen molar-refractivity contribution in [1.29, 1.82) is 0 Å². The van der Waals surface area contributed by atoms with Crippen LogP contribution in [0.15, 0.2) is 29.1 Å². The highest BCUT2D eigenvalue weighted by Gasteiger charge is 2.19. The van der Waals surface area contributed by atoms with Crippen LogP contribution >= 0.6 is 22.7 Å². The second kappa shape index (κ2) is 7.13. The molecule has 0 aliphatic heterocycles. The van der Waals surface area contributed by atoms with Crippen LogP contribution in [0.2, 0.25) is 0 Å². The van der Waals surface area contributed by atoms with Crippen LogP contribution in [0.4, 0.5) is 5.13 Å². The maximum atomic E-state index is 12.7. The summed E-state index contributed by atoms with van der Waals surface area (Å²) < 4.78 is 9.67. The molecule has 0 fully saturated rings. The largest absolute Gasteiger partial charge is 0.453 e. The van der Waals surface area contributed by atoms with Gasteiger partial charge in [-0.15, -0.1) is 21.5 Å². The number of aryl methyl sites for hydroxylation is 2. The molecule has 0 N–H and O–H groups in total. The van der Waals surface area contributed by atoms with E-state index in [-0.39, 0.29) is 12.2 Å². The highest BCUT2D eigenvalue weighted by molar-refractivity contribution is 7.29. The number of aromatic nitrogens is 5. The summed E-state index contributed by atoms with van der Waals surface area (Å²) in [6.07, 6.45) is 0. The maximum absolute atomic E-state index is 12.7. The molecule has 0 aliphatic rings. The summed E-state index contributed by atoms with van der Waals surface area (Å²) in [6, 6.07) is 7.41. The van der Waals surface area contributed by atoms with Crippen molar-refractivity contribution < 1.29 is 9.53 Å².